The number of aromatic hydroxyl groups is 2. The number of ketones is 1. The molecule has 0 unspecified atom stereocenters. The fourth-order valence-electron chi connectivity index (χ4n) is 0.859. The smallest absolute Gasteiger partial charge is 0.197 e. The fourth-order valence-corrected chi connectivity index (χ4v) is 0.859. The Kier molecular flexibility index (Phi) is 2.18. The molecule has 1 aromatic carbocycles. The number of rotatable bonds is 1. The zero-order valence-electron chi connectivity index (χ0n) is 6.64. The maximum absolute atomic E-state index is 12.9. The van der Waals surface area contributed by atoms with Gasteiger partial charge in [0.2, 0.25) is 0 Å². The highest BCUT2D eigenvalue weighted by Crippen LogP contribution is 2.32. The quantitative estimate of drug-likeness (QED) is 0.519. The van der Waals surface area contributed by atoms with Gasteiger partial charge in [0.25, 0.3) is 0 Å². The number of phenols is 2. The summed E-state index contributed by atoms with van der Waals surface area (Å²) in [5, 5.41) is 17.5. The predicted octanol–water partition coefficient (Wildman–Crippen LogP) is 1.58. The Morgan fingerprint density at radius 1 is 1.31 bits per heavy atom. The normalized spacial score (nSPS) is 10.1. The van der Waals surface area contributed by atoms with Crippen molar-refractivity contribution >= 4 is 5.78 Å². The number of carbonyl (C=O) groups excluding carboxylic acids is 1. The number of benzene rings is 1. The number of hydrogen-bond donors (Lipinski definition) is 2. The number of hydrogen-bond acceptors (Lipinski definition) is 3. The zero-order chi connectivity index (χ0) is 10.2. The first-order chi connectivity index (χ1) is 5.95. The molecule has 0 aliphatic carbocycles. The van der Waals surface area contributed by atoms with Crippen LogP contribution in [0.15, 0.2) is 6.07 Å². The molecule has 0 spiro atoms. The first-order valence-corrected chi connectivity index (χ1v) is 3.36. The summed E-state index contributed by atoms with van der Waals surface area (Å²) in [6, 6.07) is 0.534. The minimum absolute atomic E-state index is 0.534. The second-order valence-corrected chi connectivity index (χ2v) is 2.47. The lowest BCUT2D eigenvalue weighted by atomic mass is 10.1. The summed E-state index contributed by atoms with van der Waals surface area (Å²) < 4.78 is 25.5. The van der Waals surface area contributed by atoms with Crippen LogP contribution in [0.5, 0.6) is 11.5 Å². The Balaban J connectivity index is 3.50. The molecule has 0 bridgehead atoms. The van der Waals surface area contributed by atoms with Crippen LogP contribution in [-0.4, -0.2) is 16.0 Å². The number of carbonyl (C=O) groups is 1. The van der Waals surface area contributed by atoms with Crippen LogP contribution in [0.2, 0.25) is 0 Å². The molecule has 0 aliphatic rings. The summed E-state index contributed by atoms with van der Waals surface area (Å²) >= 11 is 0. The summed E-state index contributed by atoms with van der Waals surface area (Å²) in [5.41, 5.74) is -0.590. The van der Waals surface area contributed by atoms with E-state index in [2.05, 4.69) is 0 Å². The lowest BCUT2D eigenvalue weighted by Crippen LogP contribution is -1.98. The van der Waals surface area contributed by atoms with Crippen molar-refractivity contribution in [3.63, 3.8) is 0 Å². The minimum atomic E-state index is -1.31. The van der Waals surface area contributed by atoms with Crippen molar-refractivity contribution in [3.8, 4) is 11.5 Å². The van der Waals surface area contributed by atoms with Gasteiger partial charge in [-0.15, -0.1) is 0 Å². The van der Waals surface area contributed by atoms with E-state index in [-0.39, 0.29) is 0 Å². The molecule has 13 heavy (non-hydrogen) atoms. The van der Waals surface area contributed by atoms with Crippen LogP contribution in [0.25, 0.3) is 0 Å². The van der Waals surface area contributed by atoms with Gasteiger partial charge in [0.1, 0.15) is 0 Å². The van der Waals surface area contributed by atoms with Crippen LogP contribution in [0.1, 0.15) is 17.3 Å². The molecule has 3 nitrogen and oxygen atoms in total. The monoisotopic (exact) mass is 188 g/mol. The topological polar surface area (TPSA) is 57.5 Å². The van der Waals surface area contributed by atoms with Gasteiger partial charge in [-0.1, -0.05) is 0 Å². The average molecular weight is 188 g/mol. The molecule has 0 atom stereocenters. The highest BCUT2D eigenvalue weighted by molar-refractivity contribution is 5.95. The molecule has 0 aromatic heterocycles. The van der Waals surface area contributed by atoms with Gasteiger partial charge in [0.15, 0.2) is 28.9 Å². The van der Waals surface area contributed by atoms with Gasteiger partial charge in [-0.3, -0.25) is 4.79 Å². The van der Waals surface area contributed by atoms with Gasteiger partial charge < -0.3 is 10.2 Å². The molecule has 0 heterocycles. The van der Waals surface area contributed by atoms with Crippen LogP contribution < -0.4 is 0 Å². The van der Waals surface area contributed by atoms with Crippen molar-refractivity contribution in [1.82, 2.24) is 0 Å². The standard InChI is InChI=1S/C8H6F2O3/c1-3(11)4-2-5(9)7(12)8(13)6(4)10/h2,12-13H,1H3. The van der Waals surface area contributed by atoms with E-state index < -0.39 is 34.5 Å². The molecule has 0 fully saturated rings. The maximum atomic E-state index is 12.9. The van der Waals surface area contributed by atoms with Gasteiger partial charge in [0, 0.05) is 0 Å². The van der Waals surface area contributed by atoms with E-state index in [0.29, 0.717) is 6.07 Å². The predicted molar refractivity (Wildman–Crippen MR) is 39.7 cm³/mol. The van der Waals surface area contributed by atoms with Gasteiger partial charge in [-0.2, -0.15) is 0 Å². The average Bonchev–Trinajstić information content (AvgIpc) is 2.07. The Hall–Kier alpha value is -1.65. The molecular weight excluding hydrogens is 182 g/mol. The third-order valence-corrected chi connectivity index (χ3v) is 1.55. The van der Waals surface area contributed by atoms with Gasteiger partial charge in [-0.25, -0.2) is 8.78 Å². The van der Waals surface area contributed by atoms with Crippen molar-refractivity contribution in [2.45, 2.75) is 6.92 Å². The lowest BCUT2D eigenvalue weighted by Gasteiger charge is -2.03. The van der Waals surface area contributed by atoms with E-state index >= 15 is 0 Å². The second kappa shape index (κ2) is 3.01. The molecule has 1 rings (SSSR count). The van der Waals surface area contributed by atoms with Gasteiger partial charge in [-0.05, 0) is 13.0 Å². The molecule has 70 valence electrons. The van der Waals surface area contributed by atoms with E-state index in [9.17, 15) is 13.6 Å². The van der Waals surface area contributed by atoms with Crippen molar-refractivity contribution in [2.24, 2.45) is 0 Å². The van der Waals surface area contributed by atoms with Crippen LogP contribution >= 0.6 is 0 Å². The Bertz CT molecular complexity index is 374. The summed E-state index contributed by atoms with van der Waals surface area (Å²) in [7, 11) is 0. The highest BCUT2D eigenvalue weighted by atomic mass is 19.1. The van der Waals surface area contributed by atoms with E-state index in [4.69, 9.17) is 10.2 Å². The molecule has 0 radical (unpaired) electrons. The summed E-state index contributed by atoms with van der Waals surface area (Å²) in [5.74, 6) is -5.71. The summed E-state index contributed by atoms with van der Waals surface area (Å²) in [6.45, 7) is 1.02. The van der Waals surface area contributed by atoms with E-state index in [1.165, 1.54) is 0 Å². The van der Waals surface area contributed by atoms with Crippen molar-refractivity contribution in [2.75, 3.05) is 0 Å². The Labute approximate surface area is 72.2 Å². The van der Waals surface area contributed by atoms with E-state index in [1.54, 1.807) is 0 Å². The van der Waals surface area contributed by atoms with Gasteiger partial charge in [0.05, 0.1) is 5.56 Å². The molecule has 1 aromatic rings. The highest BCUT2D eigenvalue weighted by Gasteiger charge is 2.19. The van der Waals surface area contributed by atoms with Crippen LogP contribution in [0.3, 0.4) is 0 Å². The third-order valence-electron chi connectivity index (χ3n) is 1.55. The fraction of sp³-hybridized carbons (Fsp3) is 0.125. The maximum Gasteiger partial charge on any atom is 0.197 e. The molecule has 0 amide bonds. The van der Waals surface area contributed by atoms with Crippen molar-refractivity contribution in [3.05, 3.63) is 23.3 Å². The number of Topliss-reactive ketones (excluding diaryl/α,β-unsaturated/α-hetero) is 1. The molecule has 2 N–H and O–H groups in total. The largest absolute Gasteiger partial charge is 0.502 e. The Morgan fingerprint density at radius 3 is 2.31 bits per heavy atom. The number of halogens is 2. The first-order valence-electron chi connectivity index (χ1n) is 3.36. The molecular formula is C8H6F2O3. The van der Waals surface area contributed by atoms with Crippen molar-refractivity contribution < 1.29 is 23.8 Å². The molecule has 0 saturated carbocycles. The molecule has 5 heteroatoms. The van der Waals surface area contributed by atoms with Crippen LogP contribution in [-0.2, 0) is 0 Å². The van der Waals surface area contributed by atoms with E-state index in [1.807, 2.05) is 0 Å². The Morgan fingerprint density at radius 2 is 1.85 bits per heavy atom. The SMILES string of the molecule is CC(=O)c1cc(F)c(O)c(O)c1F. The minimum Gasteiger partial charge on any atom is -0.502 e. The second-order valence-electron chi connectivity index (χ2n) is 2.47. The molecule has 0 aliphatic heterocycles. The first kappa shape index (κ1) is 9.44. The van der Waals surface area contributed by atoms with Gasteiger partial charge >= 0.3 is 0 Å². The third kappa shape index (κ3) is 1.44. The molecule has 0 saturated heterocycles. The van der Waals surface area contributed by atoms with Crippen LogP contribution in [0, 0.1) is 11.6 Å². The zero-order valence-corrected chi connectivity index (χ0v) is 6.64. The van der Waals surface area contributed by atoms with E-state index in [0.717, 1.165) is 6.92 Å². The lowest BCUT2D eigenvalue weighted by molar-refractivity contribution is 0.101. The number of phenolic OH excluding ortho intramolecular Hbond substituents is 2. The van der Waals surface area contributed by atoms with Crippen molar-refractivity contribution in [1.29, 1.82) is 0 Å². The summed E-state index contributed by atoms with van der Waals surface area (Å²) in [4.78, 5) is 10.7. The van der Waals surface area contributed by atoms with Crippen LogP contribution in [0.4, 0.5) is 8.78 Å². The summed E-state index contributed by atoms with van der Waals surface area (Å²) in [6.07, 6.45) is 0.